The van der Waals surface area contributed by atoms with Crippen molar-refractivity contribution in [1.82, 2.24) is 0 Å². The number of unbranched alkanes of at least 4 members (excludes halogenated alkanes) is 1. The molecule has 0 spiro atoms. The van der Waals surface area contributed by atoms with Crippen molar-refractivity contribution in [2.45, 2.75) is 52.2 Å². The molecule has 14 heavy (non-hydrogen) atoms. The molecule has 0 radical (unpaired) electrons. The Balaban J connectivity index is 3.87. The minimum atomic E-state index is -0.338. The van der Waals surface area contributed by atoms with E-state index in [-0.39, 0.29) is 12.2 Å². The lowest BCUT2D eigenvalue weighted by atomic mass is 9.97. The lowest BCUT2D eigenvalue weighted by molar-refractivity contribution is -0.0600. The molecule has 2 atom stereocenters. The highest BCUT2D eigenvalue weighted by Gasteiger charge is 2.22. The summed E-state index contributed by atoms with van der Waals surface area (Å²) in [6.07, 6.45) is 4.28. The summed E-state index contributed by atoms with van der Waals surface area (Å²) >= 11 is 0. The van der Waals surface area contributed by atoms with Crippen LogP contribution in [-0.4, -0.2) is 23.9 Å². The smallest absolute Gasteiger partial charge is 0.0856 e. The van der Waals surface area contributed by atoms with E-state index in [1.807, 2.05) is 13.0 Å². The van der Waals surface area contributed by atoms with Crippen molar-refractivity contribution in [3.63, 3.8) is 0 Å². The fraction of sp³-hybridized carbons (Fsp3) is 0.833. The molecule has 2 nitrogen and oxygen atoms in total. The molecule has 0 saturated heterocycles. The zero-order valence-corrected chi connectivity index (χ0v) is 9.70. The van der Waals surface area contributed by atoms with Crippen molar-refractivity contribution in [2.75, 3.05) is 6.61 Å². The van der Waals surface area contributed by atoms with Gasteiger partial charge in [0, 0.05) is 6.61 Å². The van der Waals surface area contributed by atoms with Crippen molar-refractivity contribution in [3.8, 4) is 0 Å². The molecule has 0 aromatic carbocycles. The van der Waals surface area contributed by atoms with Crippen LogP contribution in [0.5, 0.6) is 0 Å². The van der Waals surface area contributed by atoms with Crippen LogP contribution in [0.4, 0.5) is 0 Å². The van der Waals surface area contributed by atoms with Crippen LogP contribution in [0, 0.1) is 5.92 Å². The maximum Gasteiger partial charge on any atom is 0.0856 e. The molecule has 2 unspecified atom stereocenters. The third kappa shape index (κ3) is 5.40. The topological polar surface area (TPSA) is 29.5 Å². The summed E-state index contributed by atoms with van der Waals surface area (Å²) in [6, 6.07) is 0. The van der Waals surface area contributed by atoms with E-state index in [0.29, 0.717) is 12.5 Å². The molecule has 0 aliphatic rings. The first-order valence-corrected chi connectivity index (χ1v) is 5.54. The van der Waals surface area contributed by atoms with E-state index >= 15 is 0 Å². The minimum absolute atomic E-state index is 0.0233. The summed E-state index contributed by atoms with van der Waals surface area (Å²) in [4.78, 5) is 0. The quantitative estimate of drug-likeness (QED) is 0.482. The summed E-state index contributed by atoms with van der Waals surface area (Å²) in [6.45, 7) is 10.5. The molecule has 0 rings (SSSR count). The first-order valence-electron chi connectivity index (χ1n) is 5.54. The molecule has 0 bridgehead atoms. The zero-order valence-electron chi connectivity index (χ0n) is 9.70. The summed E-state index contributed by atoms with van der Waals surface area (Å²) in [5.74, 6) is 0.369. The Labute approximate surface area is 88.0 Å². The fourth-order valence-corrected chi connectivity index (χ4v) is 1.58. The first-order chi connectivity index (χ1) is 6.63. The van der Waals surface area contributed by atoms with E-state index in [2.05, 4.69) is 20.4 Å². The van der Waals surface area contributed by atoms with E-state index in [1.54, 1.807) is 0 Å². The van der Waals surface area contributed by atoms with Crippen LogP contribution < -0.4 is 0 Å². The highest BCUT2D eigenvalue weighted by atomic mass is 16.5. The standard InChI is InChI=1S/C12H24O2/c1-5-7-8-9-11(13)12(10(3)4)14-6-2/h5,10-13H,1,6-9H2,2-4H3. The average molecular weight is 200 g/mol. The summed E-state index contributed by atoms with van der Waals surface area (Å²) < 4.78 is 5.52. The van der Waals surface area contributed by atoms with Crippen LogP contribution in [0.15, 0.2) is 12.7 Å². The van der Waals surface area contributed by atoms with Gasteiger partial charge in [-0.1, -0.05) is 19.9 Å². The molecule has 0 aromatic heterocycles. The molecular formula is C12H24O2. The first kappa shape index (κ1) is 13.7. The number of aliphatic hydroxyl groups excluding tert-OH is 1. The molecule has 0 aliphatic heterocycles. The molecule has 2 heteroatoms. The van der Waals surface area contributed by atoms with Crippen molar-refractivity contribution < 1.29 is 9.84 Å². The van der Waals surface area contributed by atoms with Crippen molar-refractivity contribution in [3.05, 3.63) is 12.7 Å². The fourth-order valence-electron chi connectivity index (χ4n) is 1.58. The van der Waals surface area contributed by atoms with Gasteiger partial charge in [-0.15, -0.1) is 6.58 Å². The van der Waals surface area contributed by atoms with Gasteiger partial charge in [0.15, 0.2) is 0 Å². The third-order valence-corrected chi connectivity index (χ3v) is 2.30. The Bertz CT molecular complexity index is 143. The van der Waals surface area contributed by atoms with E-state index in [1.165, 1.54) is 0 Å². The van der Waals surface area contributed by atoms with Gasteiger partial charge in [-0.05, 0) is 32.1 Å². The molecule has 0 fully saturated rings. The Morgan fingerprint density at radius 2 is 2.07 bits per heavy atom. The van der Waals surface area contributed by atoms with Crippen molar-refractivity contribution in [1.29, 1.82) is 0 Å². The normalized spacial score (nSPS) is 15.5. The number of hydrogen-bond acceptors (Lipinski definition) is 2. The number of hydrogen-bond donors (Lipinski definition) is 1. The van der Waals surface area contributed by atoms with Crippen LogP contribution in [0.25, 0.3) is 0 Å². The van der Waals surface area contributed by atoms with Crippen LogP contribution >= 0.6 is 0 Å². The Morgan fingerprint density at radius 3 is 2.50 bits per heavy atom. The Hall–Kier alpha value is -0.340. The largest absolute Gasteiger partial charge is 0.390 e. The van der Waals surface area contributed by atoms with Crippen LogP contribution in [0.3, 0.4) is 0 Å². The molecule has 1 N–H and O–H groups in total. The predicted molar refractivity (Wildman–Crippen MR) is 60.3 cm³/mol. The minimum Gasteiger partial charge on any atom is -0.390 e. The van der Waals surface area contributed by atoms with Gasteiger partial charge in [0.2, 0.25) is 0 Å². The molecule has 0 heterocycles. The van der Waals surface area contributed by atoms with Gasteiger partial charge in [0.05, 0.1) is 12.2 Å². The van der Waals surface area contributed by atoms with Gasteiger partial charge in [0.1, 0.15) is 0 Å². The van der Waals surface area contributed by atoms with Gasteiger partial charge in [-0.2, -0.15) is 0 Å². The highest BCUT2D eigenvalue weighted by molar-refractivity contribution is 4.74. The second-order valence-electron chi connectivity index (χ2n) is 3.95. The molecule has 0 saturated carbocycles. The average Bonchev–Trinajstić information content (AvgIpc) is 2.13. The monoisotopic (exact) mass is 200 g/mol. The van der Waals surface area contributed by atoms with Gasteiger partial charge in [-0.3, -0.25) is 0 Å². The third-order valence-electron chi connectivity index (χ3n) is 2.30. The highest BCUT2D eigenvalue weighted by Crippen LogP contribution is 2.15. The van der Waals surface area contributed by atoms with Crippen LogP contribution in [0.2, 0.25) is 0 Å². The second kappa shape index (κ2) is 8.01. The number of aliphatic hydroxyl groups is 1. The SMILES string of the molecule is C=CCCCC(O)C(OCC)C(C)C. The van der Waals surface area contributed by atoms with E-state index in [0.717, 1.165) is 19.3 Å². The summed E-state index contributed by atoms with van der Waals surface area (Å²) in [5.41, 5.74) is 0. The Kier molecular flexibility index (Phi) is 7.81. The second-order valence-corrected chi connectivity index (χ2v) is 3.95. The molecule has 84 valence electrons. The van der Waals surface area contributed by atoms with Crippen molar-refractivity contribution in [2.24, 2.45) is 5.92 Å². The van der Waals surface area contributed by atoms with E-state index in [4.69, 9.17) is 4.74 Å². The predicted octanol–water partition coefficient (Wildman–Crippen LogP) is 2.76. The van der Waals surface area contributed by atoms with Crippen molar-refractivity contribution >= 4 is 0 Å². The number of ether oxygens (including phenoxy) is 1. The zero-order chi connectivity index (χ0) is 11.0. The van der Waals surface area contributed by atoms with Crippen LogP contribution in [0.1, 0.15) is 40.0 Å². The molecule has 0 amide bonds. The van der Waals surface area contributed by atoms with Gasteiger partial charge >= 0.3 is 0 Å². The van der Waals surface area contributed by atoms with Gasteiger partial charge in [0.25, 0.3) is 0 Å². The van der Waals surface area contributed by atoms with E-state index < -0.39 is 0 Å². The lowest BCUT2D eigenvalue weighted by Gasteiger charge is -2.26. The molecular weight excluding hydrogens is 176 g/mol. The lowest BCUT2D eigenvalue weighted by Crippen LogP contribution is -2.33. The van der Waals surface area contributed by atoms with Gasteiger partial charge in [-0.25, -0.2) is 0 Å². The van der Waals surface area contributed by atoms with Crippen LogP contribution in [-0.2, 0) is 4.74 Å². The molecule has 0 aliphatic carbocycles. The number of rotatable bonds is 8. The summed E-state index contributed by atoms with van der Waals surface area (Å²) in [7, 11) is 0. The maximum absolute atomic E-state index is 9.88. The summed E-state index contributed by atoms with van der Waals surface area (Å²) in [5, 5.41) is 9.88. The van der Waals surface area contributed by atoms with Gasteiger partial charge < -0.3 is 9.84 Å². The Morgan fingerprint density at radius 1 is 1.43 bits per heavy atom. The maximum atomic E-state index is 9.88. The van der Waals surface area contributed by atoms with E-state index in [9.17, 15) is 5.11 Å². The number of allylic oxidation sites excluding steroid dienone is 1. The molecule has 0 aromatic rings.